The van der Waals surface area contributed by atoms with Gasteiger partial charge < -0.3 is 15.5 Å². The molecular weight excluding hydrogens is 204 g/mol. The molecule has 0 atom stereocenters. The van der Waals surface area contributed by atoms with Crippen LogP contribution in [0.1, 0.15) is 26.7 Å². The van der Waals surface area contributed by atoms with Gasteiger partial charge in [0.1, 0.15) is 0 Å². The van der Waals surface area contributed by atoms with Crippen molar-refractivity contribution in [3.05, 3.63) is 0 Å². The van der Waals surface area contributed by atoms with E-state index in [4.69, 9.17) is 10.2 Å². The van der Waals surface area contributed by atoms with E-state index in [2.05, 4.69) is 17.1 Å². The molecule has 96 valence electrons. The summed E-state index contributed by atoms with van der Waals surface area (Å²) in [5.74, 6) is 0. The first-order valence-electron chi connectivity index (χ1n) is 6.31. The molecule has 0 aromatic carbocycles. The molecule has 4 heteroatoms. The molecule has 0 aromatic heterocycles. The van der Waals surface area contributed by atoms with E-state index in [1.54, 1.807) is 0 Å². The molecule has 16 heavy (non-hydrogen) atoms. The molecule has 0 radical (unpaired) electrons. The van der Waals surface area contributed by atoms with Crippen LogP contribution in [0, 0.1) is 5.41 Å². The number of hydrogen-bond donors (Lipinski definition) is 3. The quantitative estimate of drug-likeness (QED) is 0.490. The van der Waals surface area contributed by atoms with Crippen LogP contribution in [-0.2, 0) is 0 Å². The molecule has 1 fully saturated rings. The van der Waals surface area contributed by atoms with Gasteiger partial charge in [-0.3, -0.25) is 4.90 Å². The van der Waals surface area contributed by atoms with Crippen molar-refractivity contribution >= 4 is 0 Å². The van der Waals surface area contributed by atoms with Crippen LogP contribution in [0.3, 0.4) is 0 Å². The van der Waals surface area contributed by atoms with Crippen molar-refractivity contribution in [3.63, 3.8) is 0 Å². The molecule has 0 aliphatic heterocycles. The Morgan fingerprint density at radius 2 is 1.94 bits per heavy atom. The normalized spacial score (nSPS) is 17.1. The van der Waals surface area contributed by atoms with Gasteiger partial charge in [0.15, 0.2) is 0 Å². The van der Waals surface area contributed by atoms with Crippen molar-refractivity contribution < 1.29 is 10.2 Å². The topological polar surface area (TPSA) is 55.7 Å². The summed E-state index contributed by atoms with van der Waals surface area (Å²) >= 11 is 0. The third-order valence-electron chi connectivity index (χ3n) is 3.36. The van der Waals surface area contributed by atoms with Crippen molar-refractivity contribution in [3.8, 4) is 0 Å². The second kappa shape index (κ2) is 6.55. The first-order chi connectivity index (χ1) is 7.65. The van der Waals surface area contributed by atoms with E-state index in [0.29, 0.717) is 6.54 Å². The Morgan fingerprint density at radius 3 is 2.38 bits per heavy atom. The molecule has 4 nitrogen and oxygen atoms in total. The van der Waals surface area contributed by atoms with Crippen LogP contribution in [0.2, 0.25) is 0 Å². The molecule has 0 aromatic rings. The molecule has 1 aliphatic rings. The summed E-state index contributed by atoms with van der Waals surface area (Å²) in [5.41, 5.74) is -0.392. The fraction of sp³-hybridized carbons (Fsp3) is 1.00. The lowest BCUT2D eigenvalue weighted by molar-refractivity contribution is 0.0692. The van der Waals surface area contributed by atoms with Crippen LogP contribution < -0.4 is 5.32 Å². The van der Waals surface area contributed by atoms with Gasteiger partial charge in [0.25, 0.3) is 0 Å². The minimum atomic E-state index is -0.392. The van der Waals surface area contributed by atoms with Gasteiger partial charge >= 0.3 is 0 Å². The van der Waals surface area contributed by atoms with Crippen molar-refractivity contribution in [2.24, 2.45) is 5.41 Å². The van der Waals surface area contributed by atoms with Gasteiger partial charge in [-0.25, -0.2) is 0 Å². The molecule has 0 bridgehead atoms. The van der Waals surface area contributed by atoms with Crippen LogP contribution in [-0.4, -0.2) is 60.5 Å². The molecular formula is C12H26N2O2. The maximum absolute atomic E-state index is 9.13. The minimum absolute atomic E-state index is 0.0244. The summed E-state index contributed by atoms with van der Waals surface area (Å²) < 4.78 is 0. The molecule has 0 unspecified atom stereocenters. The highest BCUT2D eigenvalue weighted by molar-refractivity contribution is 4.84. The summed E-state index contributed by atoms with van der Waals surface area (Å²) in [6.45, 7) is 7.91. The van der Waals surface area contributed by atoms with E-state index in [1.165, 1.54) is 12.8 Å². The SMILES string of the molecule is CCN(CCNCC(C)(CO)CO)C1CC1. The zero-order valence-electron chi connectivity index (χ0n) is 10.6. The average molecular weight is 230 g/mol. The van der Waals surface area contributed by atoms with Crippen LogP contribution >= 0.6 is 0 Å². The summed E-state index contributed by atoms with van der Waals surface area (Å²) in [7, 11) is 0. The Kier molecular flexibility index (Phi) is 5.69. The predicted octanol–water partition coefficient (Wildman–Crippen LogP) is 0.0512. The number of nitrogens with zero attached hydrogens (tertiary/aromatic N) is 1. The number of aliphatic hydroxyl groups is 2. The van der Waals surface area contributed by atoms with Crippen molar-refractivity contribution in [2.45, 2.75) is 32.7 Å². The Hall–Kier alpha value is -0.160. The number of nitrogens with one attached hydrogen (secondary N) is 1. The fourth-order valence-corrected chi connectivity index (χ4v) is 1.81. The van der Waals surface area contributed by atoms with E-state index in [-0.39, 0.29) is 13.2 Å². The van der Waals surface area contributed by atoms with Crippen LogP contribution in [0.15, 0.2) is 0 Å². The van der Waals surface area contributed by atoms with Gasteiger partial charge in [-0.05, 0) is 19.4 Å². The Balaban J connectivity index is 2.10. The number of rotatable bonds is 9. The molecule has 3 N–H and O–H groups in total. The van der Waals surface area contributed by atoms with Crippen LogP contribution in [0.4, 0.5) is 0 Å². The van der Waals surface area contributed by atoms with Crippen molar-refractivity contribution in [1.29, 1.82) is 0 Å². The largest absolute Gasteiger partial charge is 0.396 e. The third-order valence-corrected chi connectivity index (χ3v) is 3.36. The van der Waals surface area contributed by atoms with E-state index in [0.717, 1.165) is 25.7 Å². The van der Waals surface area contributed by atoms with Gasteiger partial charge in [0.2, 0.25) is 0 Å². The third kappa shape index (κ3) is 4.37. The van der Waals surface area contributed by atoms with Gasteiger partial charge in [0, 0.05) is 31.1 Å². The lowest BCUT2D eigenvalue weighted by atomic mass is 9.93. The molecule has 0 heterocycles. The van der Waals surface area contributed by atoms with Gasteiger partial charge in [-0.2, -0.15) is 0 Å². The zero-order chi connectivity index (χ0) is 12.0. The lowest BCUT2D eigenvalue weighted by Gasteiger charge is -2.26. The van der Waals surface area contributed by atoms with E-state index < -0.39 is 5.41 Å². The van der Waals surface area contributed by atoms with E-state index >= 15 is 0 Å². The number of likely N-dealkylation sites (N-methyl/N-ethyl adjacent to an activating group) is 1. The maximum Gasteiger partial charge on any atom is 0.0518 e. The van der Waals surface area contributed by atoms with E-state index in [9.17, 15) is 0 Å². The fourth-order valence-electron chi connectivity index (χ4n) is 1.81. The highest BCUT2D eigenvalue weighted by Gasteiger charge is 2.27. The summed E-state index contributed by atoms with van der Waals surface area (Å²) in [6.07, 6.45) is 2.69. The molecule has 1 saturated carbocycles. The highest BCUT2D eigenvalue weighted by Crippen LogP contribution is 2.25. The number of aliphatic hydroxyl groups excluding tert-OH is 2. The highest BCUT2D eigenvalue weighted by atomic mass is 16.3. The Bertz CT molecular complexity index is 191. The summed E-state index contributed by atoms with van der Waals surface area (Å²) in [5, 5.41) is 21.6. The maximum atomic E-state index is 9.13. The minimum Gasteiger partial charge on any atom is -0.396 e. The van der Waals surface area contributed by atoms with Crippen molar-refractivity contribution in [1.82, 2.24) is 10.2 Å². The van der Waals surface area contributed by atoms with E-state index in [1.807, 2.05) is 6.92 Å². The monoisotopic (exact) mass is 230 g/mol. The molecule has 0 amide bonds. The summed E-state index contributed by atoms with van der Waals surface area (Å²) in [6, 6.07) is 0.814. The summed E-state index contributed by atoms with van der Waals surface area (Å²) in [4.78, 5) is 2.49. The van der Waals surface area contributed by atoms with Gasteiger partial charge in [-0.15, -0.1) is 0 Å². The smallest absolute Gasteiger partial charge is 0.0518 e. The first-order valence-corrected chi connectivity index (χ1v) is 6.31. The second-order valence-electron chi connectivity index (χ2n) is 5.16. The molecule has 1 rings (SSSR count). The average Bonchev–Trinajstić information content (AvgIpc) is 3.13. The molecule has 1 aliphatic carbocycles. The standard InChI is InChI=1S/C12H26N2O2/c1-3-14(11-4-5-11)7-6-13-8-12(2,9-15)10-16/h11,13,15-16H,3-10H2,1-2H3. The lowest BCUT2D eigenvalue weighted by Crippen LogP contribution is -2.41. The van der Waals surface area contributed by atoms with Crippen LogP contribution in [0.5, 0.6) is 0 Å². The second-order valence-corrected chi connectivity index (χ2v) is 5.16. The molecule has 0 saturated heterocycles. The molecule has 0 spiro atoms. The Labute approximate surface area is 98.6 Å². The predicted molar refractivity (Wildman–Crippen MR) is 65.4 cm³/mol. The van der Waals surface area contributed by atoms with Crippen LogP contribution in [0.25, 0.3) is 0 Å². The van der Waals surface area contributed by atoms with Gasteiger partial charge in [-0.1, -0.05) is 13.8 Å². The number of hydrogen-bond acceptors (Lipinski definition) is 4. The van der Waals surface area contributed by atoms with Gasteiger partial charge in [0.05, 0.1) is 13.2 Å². The zero-order valence-corrected chi connectivity index (χ0v) is 10.6. The first kappa shape index (κ1) is 13.9. The van der Waals surface area contributed by atoms with Crippen molar-refractivity contribution in [2.75, 3.05) is 39.4 Å². The Morgan fingerprint density at radius 1 is 1.31 bits per heavy atom.